The van der Waals surface area contributed by atoms with Crippen LogP contribution in [-0.2, 0) is 16.0 Å². The number of hydrogen-bond donors (Lipinski definition) is 2. The zero-order chi connectivity index (χ0) is 15.1. The lowest BCUT2D eigenvalue weighted by atomic mass is 10.0. The van der Waals surface area contributed by atoms with E-state index in [9.17, 15) is 9.59 Å². The molecule has 5 heteroatoms. The largest absolute Gasteiger partial charge is 0.497 e. The van der Waals surface area contributed by atoms with Crippen molar-refractivity contribution in [3.63, 3.8) is 0 Å². The third-order valence-corrected chi connectivity index (χ3v) is 3.07. The Morgan fingerprint density at radius 1 is 1.25 bits per heavy atom. The van der Waals surface area contributed by atoms with E-state index in [1.165, 1.54) is 0 Å². The fourth-order valence-corrected chi connectivity index (χ4v) is 1.83. The molecule has 0 saturated heterocycles. The molecule has 20 heavy (non-hydrogen) atoms. The molecule has 5 nitrogen and oxygen atoms in total. The van der Waals surface area contributed by atoms with Crippen LogP contribution in [0.2, 0.25) is 0 Å². The lowest BCUT2D eigenvalue weighted by molar-refractivity contribution is -0.138. The fourth-order valence-electron chi connectivity index (χ4n) is 1.83. The van der Waals surface area contributed by atoms with Gasteiger partial charge in [0.1, 0.15) is 5.75 Å². The van der Waals surface area contributed by atoms with E-state index in [4.69, 9.17) is 9.84 Å². The molecular weight excluding hydrogens is 258 g/mol. The molecule has 110 valence electrons. The number of amides is 1. The van der Waals surface area contributed by atoms with Gasteiger partial charge < -0.3 is 15.2 Å². The smallest absolute Gasteiger partial charge is 0.305 e. The highest BCUT2D eigenvalue weighted by atomic mass is 16.5. The molecule has 0 aliphatic heterocycles. The Hall–Kier alpha value is -2.04. The maximum Gasteiger partial charge on any atom is 0.305 e. The number of ether oxygens (including phenoxy) is 1. The first-order chi connectivity index (χ1) is 9.42. The van der Waals surface area contributed by atoms with E-state index >= 15 is 0 Å². The highest BCUT2D eigenvalue weighted by Gasteiger charge is 2.19. The van der Waals surface area contributed by atoms with E-state index in [0.717, 1.165) is 11.3 Å². The zero-order valence-electron chi connectivity index (χ0n) is 12.1. The maximum absolute atomic E-state index is 11.9. The molecule has 0 saturated carbocycles. The number of carboxylic acid groups (broad SMARTS) is 1. The molecule has 0 aliphatic carbocycles. The monoisotopic (exact) mass is 279 g/mol. The van der Waals surface area contributed by atoms with Gasteiger partial charge in [0, 0.05) is 6.04 Å². The summed E-state index contributed by atoms with van der Waals surface area (Å²) >= 11 is 0. The highest BCUT2D eigenvalue weighted by Crippen LogP contribution is 2.12. The van der Waals surface area contributed by atoms with Crippen molar-refractivity contribution in [2.75, 3.05) is 7.11 Å². The average Bonchev–Trinajstić information content (AvgIpc) is 2.38. The summed E-state index contributed by atoms with van der Waals surface area (Å²) < 4.78 is 5.05. The molecule has 0 bridgehead atoms. The van der Waals surface area contributed by atoms with Crippen LogP contribution < -0.4 is 10.1 Å². The van der Waals surface area contributed by atoms with Crippen molar-refractivity contribution in [1.29, 1.82) is 0 Å². The van der Waals surface area contributed by atoms with Crippen molar-refractivity contribution in [2.45, 2.75) is 32.7 Å². The number of carboxylic acids is 1. The van der Waals surface area contributed by atoms with Crippen LogP contribution in [0.3, 0.4) is 0 Å². The van der Waals surface area contributed by atoms with Crippen molar-refractivity contribution in [3.05, 3.63) is 29.8 Å². The highest BCUT2D eigenvalue weighted by molar-refractivity contribution is 5.79. The maximum atomic E-state index is 11.9. The van der Waals surface area contributed by atoms with Crippen LogP contribution in [0.1, 0.15) is 25.8 Å². The van der Waals surface area contributed by atoms with Crippen LogP contribution in [0.25, 0.3) is 0 Å². The number of benzene rings is 1. The van der Waals surface area contributed by atoms with Gasteiger partial charge in [0.05, 0.1) is 20.0 Å². The van der Waals surface area contributed by atoms with E-state index in [1.807, 2.05) is 26.0 Å². The Bertz CT molecular complexity index is 453. The molecule has 0 heterocycles. The Morgan fingerprint density at radius 2 is 1.85 bits per heavy atom. The topological polar surface area (TPSA) is 75.6 Å². The molecular formula is C15H21NO4. The second-order valence-electron chi connectivity index (χ2n) is 5.04. The van der Waals surface area contributed by atoms with Crippen molar-refractivity contribution >= 4 is 11.9 Å². The summed E-state index contributed by atoms with van der Waals surface area (Å²) in [4.78, 5) is 22.7. The number of nitrogens with one attached hydrogen (secondary N) is 1. The van der Waals surface area contributed by atoms with Crippen LogP contribution >= 0.6 is 0 Å². The first-order valence-electron chi connectivity index (χ1n) is 6.56. The summed E-state index contributed by atoms with van der Waals surface area (Å²) in [7, 11) is 1.58. The minimum absolute atomic E-state index is 0.0635. The van der Waals surface area contributed by atoms with Gasteiger partial charge in [-0.05, 0) is 23.6 Å². The molecule has 1 rings (SSSR count). The molecule has 1 amide bonds. The van der Waals surface area contributed by atoms with Crippen molar-refractivity contribution < 1.29 is 19.4 Å². The molecule has 0 fully saturated rings. The molecule has 1 unspecified atom stereocenters. The summed E-state index contributed by atoms with van der Waals surface area (Å²) in [6, 6.07) is 6.87. The van der Waals surface area contributed by atoms with Gasteiger partial charge in [-0.15, -0.1) is 0 Å². The molecule has 1 aromatic carbocycles. The van der Waals surface area contributed by atoms with Gasteiger partial charge in [-0.3, -0.25) is 9.59 Å². The number of hydrogen-bond acceptors (Lipinski definition) is 3. The van der Waals surface area contributed by atoms with Gasteiger partial charge in [-0.1, -0.05) is 26.0 Å². The normalized spacial score (nSPS) is 12.0. The van der Waals surface area contributed by atoms with Crippen molar-refractivity contribution in [1.82, 2.24) is 5.32 Å². The molecule has 0 radical (unpaired) electrons. The third kappa shape index (κ3) is 5.30. The summed E-state index contributed by atoms with van der Waals surface area (Å²) in [5.74, 6) is -0.269. The fraction of sp³-hybridized carbons (Fsp3) is 0.467. The zero-order valence-corrected chi connectivity index (χ0v) is 12.1. The predicted octanol–water partition coefficient (Wildman–Crippen LogP) is 1.85. The predicted molar refractivity (Wildman–Crippen MR) is 75.7 cm³/mol. The van der Waals surface area contributed by atoms with E-state index in [0.29, 0.717) is 0 Å². The Labute approximate surface area is 118 Å². The first-order valence-corrected chi connectivity index (χ1v) is 6.56. The van der Waals surface area contributed by atoms with Gasteiger partial charge in [-0.2, -0.15) is 0 Å². The van der Waals surface area contributed by atoms with Gasteiger partial charge in [0.2, 0.25) is 5.91 Å². The number of aliphatic carboxylic acids is 1. The van der Waals surface area contributed by atoms with E-state index < -0.39 is 5.97 Å². The second kappa shape index (κ2) is 7.53. The van der Waals surface area contributed by atoms with E-state index in [1.54, 1.807) is 19.2 Å². The molecule has 1 atom stereocenters. The molecule has 0 spiro atoms. The van der Waals surface area contributed by atoms with Crippen LogP contribution in [0, 0.1) is 5.92 Å². The summed E-state index contributed by atoms with van der Waals surface area (Å²) in [5.41, 5.74) is 0.862. The van der Waals surface area contributed by atoms with Crippen LogP contribution in [-0.4, -0.2) is 30.1 Å². The SMILES string of the molecule is COc1ccc(CC(=O)NC(CC(=O)O)C(C)C)cc1. The van der Waals surface area contributed by atoms with Crippen LogP contribution in [0.15, 0.2) is 24.3 Å². The molecule has 2 N–H and O–H groups in total. The summed E-state index contributed by atoms with van der Waals surface area (Å²) in [5, 5.41) is 11.6. The number of rotatable bonds is 7. The van der Waals surface area contributed by atoms with Gasteiger partial charge in [0.25, 0.3) is 0 Å². The first kappa shape index (κ1) is 16.0. The molecule has 1 aromatic rings. The minimum Gasteiger partial charge on any atom is -0.497 e. The van der Waals surface area contributed by atoms with Gasteiger partial charge in [-0.25, -0.2) is 0 Å². The lowest BCUT2D eigenvalue weighted by Crippen LogP contribution is -2.40. The summed E-state index contributed by atoms with van der Waals surface area (Å²) in [6.45, 7) is 3.78. The standard InChI is InChI=1S/C15H21NO4/c1-10(2)13(9-15(18)19)16-14(17)8-11-4-6-12(20-3)7-5-11/h4-7,10,13H,8-9H2,1-3H3,(H,16,17)(H,18,19). The van der Waals surface area contributed by atoms with Crippen LogP contribution in [0.5, 0.6) is 5.75 Å². The number of carbonyl (C=O) groups is 2. The Balaban J connectivity index is 2.58. The van der Waals surface area contributed by atoms with Crippen molar-refractivity contribution in [3.8, 4) is 5.75 Å². The van der Waals surface area contributed by atoms with Crippen molar-refractivity contribution in [2.24, 2.45) is 5.92 Å². The second-order valence-corrected chi connectivity index (χ2v) is 5.04. The Morgan fingerprint density at radius 3 is 2.30 bits per heavy atom. The van der Waals surface area contributed by atoms with Gasteiger partial charge in [0.15, 0.2) is 0 Å². The minimum atomic E-state index is -0.909. The third-order valence-electron chi connectivity index (χ3n) is 3.07. The number of carbonyl (C=O) groups excluding carboxylic acids is 1. The quantitative estimate of drug-likeness (QED) is 0.798. The van der Waals surface area contributed by atoms with E-state index in [2.05, 4.69) is 5.32 Å². The van der Waals surface area contributed by atoms with E-state index in [-0.39, 0.29) is 30.7 Å². The molecule has 0 aliphatic rings. The average molecular weight is 279 g/mol. The van der Waals surface area contributed by atoms with Crippen LogP contribution in [0.4, 0.5) is 0 Å². The Kier molecular flexibility index (Phi) is 6.03. The summed E-state index contributed by atoms with van der Waals surface area (Å²) in [6.07, 6.45) is 0.166. The number of methoxy groups -OCH3 is 1. The lowest BCUT2D eigenvalue weighted by Gasteiger charge is -2.20. The molecule has 0 aromatic heterocycles. The van der Waals surface area contributed by atoms with Gasteiger partial charge >= 0.3 is 5.97 Å².